The van der Waals surface area contributed by atoms with E-state index in [9.17, 15) is 4.79 Å². The van der Waals surface area contributed by atoms with Crippen molar-refractivity contribution >= 4 is 5.97 Å². The van der Waals surface area contributed by atoms with Crippen LogP contribution in [0.1, 0.15) is 42.1 Å². The monoisotopic (exact) mass is 190 g/mol. The largest absolute Gasteiger partial charge is 0.478 e. The van der Waals surface area contributed by atoms with Gasteiger partial charge in [-0.25, -0.2) is 4.79 Å². The molecule has 0 bridgehead atoms. The maximum absolute atomic E-state index is 10.8. The standard InChI is InChI=1S/C12H14O2/c1-2-12(6-7-12)10-5-3-4-9(8-10)11(13)14/h3-5,8H,2,6-7H2,1H3,(H,13,14). The lowest BCUT2D eigenvalue weighted by atomic mass is 9.92. The van der Waals surface area contributed by atoms with Crippen molar-refractivity contribution in [3.05, 3.63) is 35.4 Å². The first-order valence-electron chi connectivity index (χ1n) is 5.02. The van der Waals surface area contributed by atoms with Gasteiger partial charge in [0.05, 0.1) is 5.56 Å². The first-order valence-corrected chi connectivity index (χ1v) is 5.02. The molecule has 2 rings (SSSR count). The Bertz CT molecular complexity index is 364. The Morgan fingerprint density at radius 3 is 2.71 bits per heavy atom. The molecule has 1 aromatic rings. The van der Waals surface area contributed by atoms with Crippen LogP contribution in [0.25, 0.3) is 0 Å². The Labute approximate surface area is 83.6 Å². The van der Waals surface area contributed by atoms with Crippen LogP contribution in [0.4, 0.5) is 0 Å². The van der Waals surface area contributed by atoms with Crippen LogP contribution in [0.3, 0.4) is 0 Å². The maximum atomic E-state index is 10.8. The van der Waals surface area contributed by atoms with E-state index in [1.807, 2.05) is 18.2 Å². The highest BCUT2D eigenvalue weighted by Gasteiger charge is 2.42. The van der Waals surface area contributed by atoms with E-state index < -0.39 is 5.97 Å². The molecule has 0 heterocycles. The van der Waals surface area contributed by atoms with Gasteiger partial charge in [-0.2, -0.15) is 0 Å². The molecule has 0 atom stereocenters. The molecule has 0 radical (unpaired) electrons. The summed E-state index contributed by atoms with van der Waals surface area (Å²) < 4.78 is 0. The second kappa shape index (κ2) is 3.12. The molecule has 0 aliphatic heterocycles. The van der Waals surface area contributed by atoms with Crippen LogP contribution in [-0.2, 0) is 5.41 Å². The summed E-state index contributed by atoms with van der Waals surface area (Å²) in [5, 5.41) is 8.87. The first-order chi connectivity index (χ1) is 6.68. The summed E-state index contributed by atoms with van der Waals surface area (Å²) in [4.78, 5) is 10.8. The van der Waals surface area contributed by atoms with Gasteiger partial charge in [0.2, 0.25) is 0 Å². The van der Waals surface area contributed by atoms with Gasteiger partial charge in [0.1, 0.15) is 0 Å². The fraction of sp³-hybridized carbons (Fsp3) is 0.417. The van der Waals surface area contributed by atoms with Crippen LogP contribution >= 0.6 is 0 Å². The Kier molecular flexibility index (Phi) is 2.06. The van der Waals surface area contributed by atoms with E-state index in [-0.39, 0.29) is 0 Å². The zero-order valence-corrected chi connectivity index (χ0v) is 8.29. The minimum Gasteiger partial charge on any atom is -0.478 e. The van der Waals surface area contributed by atoms with E-state index in [0.29, 0.717) is 11.0 Å². The molecular formula is C12H14O2. The number of hydrogen-bond donors (Lipinski definition) is 1. The topological polar surface area (TPSA) is 37.3 Å². The summed E-state index contributed by atoms with van der Waals surface area (Å²) in [5.41, 5.74) is 1.90. The van der Waals surface area contributed by atoms with Crippen LogP contribution in [0.5, 0.6) is 0 Å². The predicted molar refractivity (Wildman–Crippen MR) is 54.6 cm³/mol. The van der Waals surface area contributed by atoms with E-state index >= 15 is 0 Å². The van der Waals surface area contributed by atoms with Crippen molar-refractivity contribution in [1.29, 1.82) is 0 Å². The predicted octanol–water partition coefficient (Wildman–Crippen LogP) is 2.83. The first kappa shape index (κ1) is 9.25. The van der Waals surface area contributed by atoms with Crippen molar-refractivity contribution in [3.8, 4) is 0 Å². The highest BCUT2D eigenvalue weighted by Crippen LogP contribution is 2.50. The highest BCUT2D eigenvalue weighted by molar-refractivity contribution is 5.87. The van der Waals surface area contributed by atoms with Gasteiger partial charge in [0, 0.05) is 0 Å². The lowest BCUT2D eigenvalue weighted by Crippen LogP contribution is -2.06. The van der Waals surface area contributed by atoms with Gasteiger partial charge < -0.3 is 5.11 Å². The minimum atomic E-state index is -0.834. The molecule has 1 aromatic carbocycles. The summed E-state index contributed by atoms with van der Waals surface area (Å²) in [7, 11) is 0. The molecule has 0 unspecified atom stereocenters. The number of rotatable bonds is 3. The number of benzene rings is 1. The van der Waals surface area contributed by atoms with Gasteiger partial charge in [-0.15, -0.1) is 0 Å². The average molecular weight is 190 g/mol. The number of aromatic carboxylic acids is 1. The van der Waals surface area contributed by atoms with Gasteiger partial charge in [-0.3, -0.25) is 0 Å². The Balaban J connectivity index is 2.36. The molecule has 0 spiro atoms. The lowest BCUT2D eigenvalue weighted by molar-refractivity contribution is 0.0696. The van der Waals surface area contributed by atoms with Gasteiger partial charge in [-0.05, 0) is 42.4 Å². The van der Waals surface area contributed by atoms with Crippen molar-refractivity contribution in [1.82, 2.24) is 0 Å². The molecule has 14 heavy (non-hydrogen) atoms. The third-order valence-electron chi connectivity index (χ3n) is 3.25. The number of carboxylic acid groups (broad SMARTS) is 1. The molecule has 1 aliphatic rings. The van der Waals surface area contributed by atoms with Crippen LogP contribution in [0.15, 0.2) is 24.3 Å². The van der Waals surface area contributed by atoms with Crippen LogP contribution in [0, 0.1) is 0 Å². The molecule has 1 saturated carbocycles. The minimum absolute atomic E-state index is 0.297. The van der Waals surface area contributed by atoms with Crippen molar-refractivity contribution in [2.75, 3.05) is 0 Å². The number of carboxylic acids is 1. The van der Waals surface area contributed by atoms with E-state index in [2.05, 4.69) is 6.92 Å². The van der Waals surface area contributed by atoms with Crippen molar-refractivity contribution in [3.63, 3.8) is 0 Å². The lowest BCUT2D eigenvalue weighted by Gasteiger charge is -2.12. The van der Waals surface area contributed by atoms with Crippen LogP contribution in [-0.4, -0.2) is 11.1 Å². The summed E-state index contributed by atoms with van der Waals surface area (Å²) in [5.74, 6) is -0.834. The number of hydrogen-bond acceptors (Lipinski definition) is 1. The zero-order chi connectivity index (χ0) is 10.2. The molecule has 2 nitrogen and oxygen atoms in total. The Morgan fingerprint density at radius 1 is 1.50 bits per heavy atom. The highest BCUT2D eigenvalue weighted by atomic mass is 16.4. The van der Waals surface area contributed by atoms with E-state index in [1.54, 1.807) is 6.07 Å². The molecule has 2 heteroatoms. The fourth-order valence-corrected chi connectivity index (χ4v) is 1.98. The third kappa shape index (κ3) is 1.41. The Morgan fingerprint density at radius 2 is 2.21 bits per heavy atom. The smallest absolute Gasteiger partial charge is 0.335 e. The summed E-state index contributed by atoms with van der Waals surface area (Å²) in [6.07, 6.45) is 3.51. The molecule has 1 N–H and O–H groups in total. The van der Waals surface area contributed by atoms with E-state index in [0.717, 1.165) is 6.42 Å². The van der Waals surface area contributed by atoms with E-state index in [1.165, 1.54) is 18.4 Å². The maximum Gasteiger partial charge on any atom is 0.335 e. The molecular weight excluding hydrogens is 176 g/mol. The third-order valence-corrected chi connectivity index (χ3v) is 3.25. The van der Waals surface area contributed by atoms with Gasteiger partial charge >= 0.3 is 5.97 Å². The van der Waals surface area contributed by atoms with E-state index in [4.69, 9.17) is 5.11 Å². The second-order valence-corrected chi connectivity index (χ2v) is 4.02. The van der Waals surface area contributed by atoms with Crippen LogP contribution < -0.4 is 0 Å². The Hall–Kier alpha value is -1.31. The van der Waals surface area contributed by atoms with Crippen LogP contribution in [0.2, 0.25) is 0 Å². The molecule has 0 amide bonds. The molecule has 74 valence electrons. The fourth-order valence-electron chi connectivity index (χ4n) is 1.98. The molecule has 0 aromatic heterocycles. The molecule has 0 saturated heterocycles. The zero-order valence-electron chi connectivity index (χ0n) is 8.29. The quantitative estimate of drug-likeness (QED) is 0.795. The van der Waals surface area contributed by atoms with Gasteiger partial charge in [-0.1, -0.05) is 19.1 Å². The molecule has 1 fully saturated rings. The molecule has 1 aliphatic carbocycles. The number of carbonyl (C=O) groups is 1. The second-order valence-electron chi connectivity index (χ2n) is 4.02. The normalized spacial score (nSPS) is 17.8. The summed E-state index contributed by atoms with van der Waals surface area (Å²) in [6, 6.07) is 7.36. The van der Waals surface area contributed by atoms with Crippen molar-refractivity contribution in [2.45, 2.75) is 31.6 Å². The van der Waals surface area contributed by atoms with Gasteiger partial charge in [0.25, 0.3) is 0 Å². The summed E-state index contributed by atoms with van der Waals surface area (Å²) in [6.45, 7) is 2.17. The summed E-state index contributed by atoms with van der Waals surface area (Å²) >= 11 is 0. The van der Waals surface area contributed by atoms with Crippen molar-refractivity contribution < 1.29 is 9.90 Å². The average Bonchev–Trinajstić information content (AvgIpc) is 2.98. The van der Waals surface area contributed by atoms with Gasteiger partial charge in [0.15, 0.2) is 0 Å². The van der Waals surface area contributed by atoms with Crippen molar-refractivity contribution in [2.24, 2.45) is 0 Å². The SMILES string of the molecule is CCC1(c2cccc(C(=O)O)c2)CC1.